The van der Waals surface area contributed by atoms with Crippen molar-refractivity contribution in [3.8, 4) is 0 Å². The van der Waals surface area contributed by atoms with Crippen molar-refractivity contribution in [2.45, 2.75) is 64.8 Å². The van der Waals surface area contributed by atoms with Crippen LogP contribution in [0.5, 0.6) is 0 Å². The van der Waals surface area contributed by atoms with Crippen LogP contribution in [0.4, 0.5) is 0 Å². The van der Waals surface area contributed by atoms with Crippen LogP contribution in [0, 0.1) is 11.3 Å². The molecular weight excluding hydrogens is 368 g/mol. The largest absolute Gasteiger partial charge is 0.455 e. The summed E-state index contributed by atoms with van der Waals surface area (Å²) in [5.41, 5.74) is -0.748. The number of methoxy groups -OCH3 is 3. The smallest absolute Gasteiger partial charge is 0.311 e. The molecular formula is C20H34O8. The van der Waals surface area contributed by atoms with Crippen molar-refractivity contribution in [3.05, 3.63) is 12.7 Å². The molecule has 0 spiro atoms. The lowest BCUT2D eigenvalue weighted by Gasteiger charge is -2.44. The molecule has 0 amide bonds. The van der Waals surface area contributed by atoms with E-state index in [4.69, 9.17) is 28.4 Å². The fourth-order valence-electron chi connectivity index (χ4n) is 2.76. The molecule has 0 radical (unpaired) electrons. The first-order chi connectivity index (χ1) is 13.1. The van der Waals surface area contributed by atoms with Crippen molar-refractivity contribution in [2.75, 3.05) is 27.9 Å². The summed E-state index contributed by atoms with van der Waals surface area (Å²) < 4.78 is 33.3. The molecule has 0 aromatic carbocycles. The summed E-state index contributed by atoms with van der Waals surface area (Å²) >= 11 is 0. The monoisotopic (exact) mass is 402 g/mol. The summed E-state index contributed by atoms with van der Waals surface area (Å²) in [5.74, 6) is -0.985. The van der Waals surface area contributed by atoms with E-state index in [0.717, 1.165) is 0 Å². The minimum atomic E-state index is -0.987. The maximum atomic E-state index is 12.6. The molecule has 0 bridgehead atoms. The number of ether oxygens (including phenoxy) is 6. The van der Waals surface area contributed by atoms with Crippen LogP contribution >= 0.6 is 0 Å². The van der Waals surface area contributed by atoms with Crippen molar-refractivity contribution >= 4 is 11.9 Å². The summed E-state index contributed by atoms with van der Waals surface area (Å²) in [5, 5.41) is 0. The molecule has 1 heterocycles. The molecule has 1 rings (SSSR count). The zero-order valence-electron chi connectivity index (χ0n) is 17.9. The average Bonchev–Trinajstić information content (AvgIpc) is 2.62. The van der Waals surface area contributed by atoms with E-state index in [-0.39, 0.29) is 18.9 Å². The summed E-state index contributed by atoms with van der Waals surface area (Å²) in [7, 11) is 4.43. The Bertz CT molecular complexity index is 527. The third kappa shape index (κ3) is 6.55. The topological polar surface area (TPSA) is 89.5 Å². The van der Waals surface area contributed by atoms with Gasteiger partial charge in [0.15, 0.2) is 18.5 Å². The molecule has 0 unspecified atom stereocenters. The average molecular weight is 402 g/mol. The maximum Gasteiger partial charge on any atom is 0.311 e. The van der Waals surface area contributed by atoms with Crippen LogP contribution in [0.25, 0.3) is 0 Å². The molecule has 1 aliphatic rings. The van der Waals surface area contributed by atoms with Crippen LogP contribution in [-0.2, 0) is 38.0 Å². The molecule has 8 nitrogen and oxygen atoms in total. The van der Waals surface area contributed by atoms with Crippen LogP contribution in [-0.4, -0.2) is 70.6 Å². The van der Waals surface area contributed by atoms with Crippen LogP contribution in [0.15, 0.2) is 12.7 Å². The van der Waals surface area contributed by atoms with Crippen molar-refractivity contribution in [1.82, 2.24) is 0 Å². The van der Waals surface area contributed by atoms with Gasteiger partial charge >= 0.3 is 11.9 Å². The zero-order chi connectivity index (χ0) is 21.5. The van der Waals surface area contributed by atoms with Crippen LogP contribution in [0.3, 0.4) is 0 Å². The lowest BCUT2D eigenvalue weighted by molar-refractivity contribution is -0.305. The number of carbonyl (C=O) groups excluding carboxylic acids is 2. The molecule has 0 aliphatic carbocycles. The predicted molar refractivity (Wildman–Crippen MR) is 102 cm³/mol. The van der Waals surface area contributed by atoms with E-state index in [2.05, 4.69) is 6.58 Å². The first-order valence-corrected chi connectivity index (χ1v) is 9.32. The van der Waals surface area contributed by atoms with Gasteiger partial charge in [0.1, 0.15) is 12.2 Å². The summed E-state index contributed by atoms with van der Waals surface area (Å²) in [6.45, 7) is 10.9. The quantitative estimate of drug-likeness (QED) is 0.428. The fraction of sp³-hybridized carbons (Fsp3) is 0.800. The Morgan fingerprint density at radius 3 is 2.18 bits per heavy atom. The Hall–Kier alpha value is -1.48. The van der Waals surface area contributed by atoms with Gasteiger partial charge in [0, 0.05) is 21.3 Å². The minimum Gasteiger partial charge on any atom is -0.455 e. The lowest BCUT2D eigenvalue weighted by atomic mass is 9.95. The molecule has 0 aromatic heterocycles. The number of esters is 2. The van der Waals surface area contributed by atoms with Gasteiger partial charge in [-0.1, -0.05) is 13.0 Å². The van der Waals surface area contributed by atoms with Crippen molar-refractivity contribution in [2.24, 2.45) is 11.3 Å². The van der Waals surface area contributed by atoms with E-state index in [1.54, 1.807) is 26.8 Å². The van der Waals surface area contributed by atoms with E-state index in [1.165, 1.54) is 21.3 Å². The van der Waals surface area contributed by atoms with Gasteiger partial charge in [-0.3, -0.25) is 9.59 Å². The molecule has 0 N–H and O–H groups in total. The lowest BCUT2D eigenvalue weighted by Crippen LogP contribution is -2.62. The number of rotatable bonds is 9. The molecule has 28 heavy (non-hydrogen) atoms. The maximum absolute atomic E-state index is 12.6. The number of carbonyl (C=O) groups is 2. The third-order valence-electron chi connectivity index (χ3n) is 4.44. The summed E-state index contributed by atoms with van der Waals surface area (Å²) in [4.78, 5) is 25.0. The molecule has 0 aromatic rings. The van der Waals surface area contributed by atoms with Gasteiger partial charge in [-0.15, -0.1) is 6.58 Å². The Balaban J connectivity index is 3.16. The first-order valence-electron chi connectivity index (χ1n) is 9.32. The van der Waals surface area contributed by atoms with E-state index < -0.39 is 48.1 Å². The van der Waals surface area contributed by atoms with E-state index in [1.807, 2.05) is 6.92 Å². The minimum absolute atomic E-state index is 0.0620. The van der Waals surface area contributed by atoms with Crippen LogP contribution < -0.4 is 0 Å². The Morgan fingerprint density at radius 2 is 1.71 bits per heavy atom. The second-order valence-corrected chi connectivity index (χ2v) is 7.93. The highest BCUT2D eigenvalue weighted by atomic mass is 16.7. The van der Waals surface area contributed by atoms with Gasteiger partial charge in [-0.2, -0.15) is 0 Å². The van der Waals surface area contributed by atoms with Crippen LogP contribution in [0.2, 0.25) is 0 Å². The fourth-order valence-corrected chi connectivity index (χ4v) is 2.76. The Morgan fingerprint density at radius 1 is 1.07 bits per heavy atom. The molecule has 6 atom stereocenters. The first kappa shape index (κ1) is 24.6. The highest BCUT2D eigenvalue weighted by Crippen LogP contribution is 2.31. The molecule has 1 fully saturated rings. The second kappa shape index (κ2) is 10.9. The molecule has 1 aliphatic heterocycles. The Kier molecular flexibility index (Phi) is 9.56. The molecule has 162 valence electrons. The van der Waals surface area contributed by atoms with Crippen LogP contribution in [0.1, 0.15) is 34.1 Å². The van der Waals surface area contributed by atoms with Gasteiger partial charge < -0.3 is 28.4 Å². The standard InChI is InChI=1S/C20H34O8/c1-9-12(2)10-14(21)27-17-16(28-19(22)20(3,4)5)15(24-7)13(11-23-6)26-18(17)25-8/h9,12-13,15-18H,1,10-11H2,2-8H3/t12-,13+,15+,16-,17-,18-/m0/s1. The Labute approximate surface area is 167 Å². The summed E-state index contributed by atoms with van der Waals surface area (Å²) in [6.07, 6.45) is -2.32. The van der Waals surface area contributed by atoms with Crippen molar-refractivity contribution < 1.29 is 38.0 Å². The normalized spacial score (nSPS) is 29.0. The number of hydrogen-bond acceptors (Lipinski definition) is 8. The van der Waals surface area contributed by atoms with E-state index in [9.17, 15) is 9.59 Å². The SMILES string of the molecule is C=C[C@H](C)CC(=O)O[C@@H]1[C@@H](OC)O[C@H](COC)[C@@H](OC)[C@@H]1OC(=O)C(C)(C)C. The zero-order valence-corrected chi connectivity index (χ0v) is 17.9. The number of hydrogen-bond donors (Lipinski definition) is 0. The van der Waals surface area contributed by atoms with E-state index >= 15 is 0 Å². The highest BCUT2D eigenvalue weighted by molar-refractivity contribution is 5.75. The number of allylic oxidation sites excluding steroid dienone is 1. The van der Waals surface area contributed by atoms with E-state index in [0.29, 0.717) is 0 Å². The predicted octanol–water partition coefficient (Wildman–Crippen LogP) is 2.10. The van der Waals surface area contributed by atoms with Gasteiger partial charge in [-0.25, -0.2) is 0 Å². The van der Waals surface area contributed by atoms with Gasteiger partial charge in [0.2, 0.25) is 0 Å². The van der Waals surface area contributed by atoms with Crippen molar-refractivity contribution in [3.63, 3.8) is 0 Å². The second-order valence-electron chi connectivity index (χ2n) is 7.93. The van der Waals surface area contributed by atoms with Gasteiger partial charge in [0.05, 0.1) is 18.4 Å². The molecule has 1 saturated heterocycles. The molecule has 0 saturated carbocycles. The van der Waals surface area contributed by atoms with Gasteiger partial charge in [0.25, 0.3) is 0 Å². The third-order valence-corrected chi connectivity index (χ3v) is 4.44. The summed E-state index contributed by atoms with van der Waals surface area (Å²) in [6, 6.07) is 0. The highest BCUT2D eigenvalue weighted by Gasteiger charge is 2.51. The molecule has 8 heteroatoms. The van der Waals surface area contributed by atoms with Crippen molar-refractivity contribution in [1.29, 1.82) is 0 Å². The van der Waals surface area contributed by atoms with Gasteiger partial charge in [-0.05, 0) is 26.7 Å².